The van der Waals surface area contributed by atoms with Gasteiger partial charge in [-0.15, -0.1) is 0 Å². The third-order valence-corrected chi connectivity index (χ3v) is 5.20. The van der Waals surface area contributed by atoms with E-state index in [4.69, 9.17) is 0 Å². The fourth-order valence-electron chi connectivity index (χ4n) is 3.77. The third-order valence-electron chi connectivity index (χ3n) is 5.20. The summed E-state index contributed by atoms with van der Waals surface area (Å²) in [7, 11) is 0. The molecule has 0 atom stereocenters. The number of imidazole rings is 1. The van der Waals surface area contributed by atoms with Crippen LogP contribution in [0.5, 0.6) is 0 Å². The van der Waals surface area contributed by atoms with E-state index < -0.39 is 5.97 Å². The molecule has 0 fully saturated rings. The van der Waals surface area contributed by atoms with Crippen LogP contribution in [0.15, 0.2) is 78.9 Å². The van der Waals surface area contributed by atoms with Gasteiger partial charge in [-0.25, -0.2) is 9.78 Å². The summed E-state index contributed by atoms with van der Waals surface area (Å²) in [6.45, 7) is 0.542. The summed E-state index contributed by atoms with van der Waals surface area (Å²) in [4.78, 5) is 31.9. The van der Waals surface area contributed by atoms with Gasteiger partial charge in [-0.05, 0) is 29.8 Å². The van der Waals surface area contributed by atoms with Crippen LogP contribution in [0.2, 0.25) is 0 Å². The number of fused-ring (bicyclic) bond motifs is 2. The highest BCUT2D eigenvalue weighted by molar-refractivity contribution is 6.07. The first-order valence-electron chi connectivity index (χ1n) is 9.76. The Labute approximate surface area is 177 Å². The van der Waals surface area contributed by atoms with Crippen molar-refractivity contribution in [3.05, 3.63) is 95.7 Å². The number of para-hydroxylation sites is 2. The van der Waals surface area contributed by atoms with Crippen molar-refractivity contribution in [2.24, 2.45) is 0 Å². The second-order valence-electron chi connectivity index (χ2n) is 7.21. The number of carboxylic acid groups (broad SMARTS) is 1. The zero-order valence-electron chi connectivity index (χ0n) is 16.4. The zero-order chi connectivity index (χ0) is 21.4. The summed E-state index contributed by atoms with van der Waals surface area (Å²) in [5, 5.41) is 13.1. The number of benzene rings is 3. The first kappa shape index (κ1) is 18.6. The number of amides is 1. The van der Waals surface area contributed by atoms with Crippen molar-refractivity contribution in [3.8, 4) is 0 Å². The lowest BCUT2D eigenvalue weighted by atomic mass is 10.2. The maximum atomic E-state index is 13.2. The molecule has 3 N–H and O–H groups in total. The first-order valence-corrected chi connectivity index (χ1v) is 9.76. The Kier molecular flexibility index (Phi) is 4.48. The number of hydrogen-bond acceptors (Lipinski definition) is 3. The van der Waals surface area contributed by atoms with Gasteiger partial charge in [-0.1, -0.05) is 54.6 Å². The lowest BCUT2D eigenvalue weighted by Crippen LogP contribution is -2.18. The summed E-state index contributed by atoms with van der Waals surface area (Å²) in [6.07, 6.45) is 0. The molecule has 0 bridgehead atoms. The van der Waals surface area contributed by atoms with E-state index in [-0.39, 0.29) is 17.4 Å². The zero-order valence-corrected chi connectivity index (χ0v) is 16.4. The van der Waals surface area contributed by atoms with Crippen molar-refractivity contribution in [2.45, 2.75) is 6.54 Å². The van der Waals surface area contributed by atoms with Gasteiger partial charge >= 0.3 is 5.97 Å². The van der Waals surface area contributed by atoms with Crippen molar-refractivity contribution in [1.29, 1.82) is 0 Å². The maximum absolute atomic E-state index is 13.2. The second kappa shape index (κ2) is 7.46. The molecule has 3 aromatic carbocycles. The molecule has 0 radical (unpaired) electrons. The van der Waals surface area contributed by atoms with Gasteiger partial charge in [0, 0.05) is 17.4 Å². The third kappa shape index (κ3) is 3.42. The van der Waals surface area contributed by atoms with Gasteiger partial charge in [0.25, 0.3) is 5.91 Å². The van der Waals surface area contributed by atoms with Crippen LogP contribution in [-0.2, 0) is 6.54 Å². The molecule has 5 rings (SSSR count). The summed E-state index contributed by atoms with van der Waals surface area (Å²) < 4.78 is 1.96. The molecule has 0 aliphatic heterocycles. The Hall–Kier alpha value is -4.39. The molecule has 7 nitrogen and oxygen atoms in total. The van der Waals surface area contributed by atoms with Crippen LogP contribution in [0.3, 0.4) is 0 Å². The largest absolute Gasteiger partial charge is 0.478 e. The van der Waals surface area contributed by atoms with Gasteiger partial charge in [0.05, 0.1) is 11.1 Å². The van der Waals surface area contributed by atoms with Gasteiger partial charge in [0.2, 0.25) is 5.95 Å². The molecule has 0 unspecified atom stereocenters. The molecule has 0 saturated carbocycles. The van der Waals surface area contributed by atoms with E-state index in [0.29, 0.717) is 23.3 Å². The van der Waals surface area contributed by atoms with Crippen molar-refractivity contribution in [3.63, 3.8) is 0 Å². The summed E-state index contributed by atoms with van der Waals surface area (Å²) in [5.41, 5.74) is 3.44. The topological polar surface area (TPSA) is 100 Å². The fraction of sp³-hybridized carbons (Fsp3) is 0.0417. The second-order valence-corrected chi connectivity index (χ2v) is 7.21. The first-order chi connectivity index (χ1) is 15.1. The number of carbonyl (C=O) groups is 2. The van der Waals surface area contributed by atoms with Crippen LogP contribution in [0.4, 0.5) is 5.95 Å². The average Bonchev–Trinajstić information content (AvgIpc) is 3.35. The minimum absolute atomic E-state index is 0.0763. The van der Waals surface area contributed by atoms with Crippen LogP contribution < -0.4 is 5.32 Å². The number of aromatic carboxylic acids is 1. The number of carboxylic acids is 1. The van der Waals surface area contributed by atoms with E-state index in [0.717, 1.165) is 16.5 Å². The monoisotopic (exact) mass is 410 g/mol. The van der Waals surface area contributed by atoms with Crippen molar-refractivity contribution < 1.29 is 14.7 Å². The molecule has 152 valence electrons. The standard InChI is InChI=1S/C24H18N4O3/c29-22(27-24-25-18-11-6-10-17(23(30)31)21(18)26-24)20-13-16-9-4-5-12-19(16)28(20)14-15-7-2-1-3-8-15/h1-13H,14H2,(H,30,31)(H2,25,26,27,29). The fourth-order valence-corrected chi connectivity index (χ4v) is 3.77. The summed E-state index contributed by atoms with van der Waals surface area (Å²) in [5.74, 6) is -1.20. The lowest BCUT2D eigenvalue weighted by molar-refractivity contribution is 0.0698. The minimum atomic E-state index is -1.07. The maximum Gasteiger partial charge on any atom is 0.337 e. The highest BCUT2D eigenvalue weighted by atomic mass is 16.4. The molecular formula is C24H18N4O3. The van der Waals surface area contributed by atoms with E-state index in [1.165, 1.54) is 6.07 Å². The number of anilines is 1. The van der Waals surface area contributed by atoms with Crippen LogP contribution in [-0.4, -0.2) is 31.5 Å². The van der Waals surface area contributed by atoms with Crippen LogP contribution >= 0.6 is 0 Å². The van der Waals surface area contributed by atoms with E-state index in [9.17, 15) is 14.7 Å². The summed E-state index contributed by atoms with van der Waals surface area (Å²) in [6, 6.07) is 24.4. The van der Waals surface area contributed by atoms with Crippen molar-refractivity contribution in [2.75, 3.05) is 5.32 Å². The number of aromatic amines is 1. The normalized spacial score (nSPS) is 11.1. The predicted molar refractivity (Wildman–Crippen MR) is 118 cm³/mol. The number of nitrogens with zero attached hydrogens (tertiary/aromatic N) is 2. The number of carbonyl (C=O) groups excluding carboxylic acids is 1. The van der Waals surface area contributed by atoms with E-state index >= 15 is 0 Å². The molecule has 0 saturated heterocycles. The number of rotatable bonds is 5. The van der Waals surface area contributed by atoms with Gasteiger partial charge < -0.3 is 14.7 Å². The van der Waals surface area contributed by atoms with Crippen molar-refractivity contribution in [1.82, 2.24) is 14.5 Å². The molecule has 0 aliphatic carbocycles. The van der Waals surface area contributed by atoms with Crippen LogP contribution in [0, 0.1) is 0 Å². The molecule has 5 aromatic rings. The van der Waals surface area contributed by atoms with Gasteiger partial charge in [0.1, 0.15) is 11.2 Å². The van der Waals surface area contributed by atoms with Gasteiger partial charge in [0.15, 0.2) is 0 Å². The number of H-pyrrole nitrogens is 1. The molecule has 7 heteroatoms. The summed E-state index contributed by atoms with van der Waals surface area (Å²) >= 11 is 0. The number of nitrogens with one attached hydrogen (secondary N) is 2. The number of hydrogen-bond donors (Lipinski definition) is 3. The average molecular weight is 410 g/mol. The van der Waals surface area contributed by atoms with Crippen LogP contribution in [0.25, 0.3) is 21.9 Å². The molecule has 0 spiro atoms. The SMILES string of the molecule is O=C(O)c1cccc2[nH]c(NC(=O)c3cc4ccccc4n3Cc3ccccc3)nc12. The van der Waals surface area contributed by atoms with E-state index in [1.54, 1.807) is 12.1 Å². The van der Waals surface area contributed by atoms with Crippen molar-refractivity contribution >= 4 is 39.8 Å². The highest BCUT2D eigenvalue weighted by Crippen LogP contribution is 2.23. The smallest absolute Gasteiger partial charge is 0.337 e. The Morgan fingerprint density at radius 3 is 2.55 bits per heavy atom. The Bertz CT molecular complexity index is 1430. The Balaban J connectivity index is 1.53. The molecule has 0 aliphatic rings. The molecule has 31 heavy (non-hydrogen) atoms. The van der Waals surface area contributed by atoms with E-state index in [2.05, 4.69) is 15.3 Å². The number of aromatic nitrogens is 3. The molecule has 1 amide bonds. The van der Waals surface area contributed by atoms with Crippen LogP contribution in [0.1, 0.15) is 26.4 Å². The lowest BCUT2D eigenvalue weighted by Gasteiger charge is -2.10. The molecular weight excluding hydrogens is 392 g/mol. The quantitative estimate of drug-likeness (QED) is 0.397. The Morgan fingerprint density at radius 2 is 1.74 bits per heavy atom. The highest BCUT2D eigenvalue weighted by Gasteiger charge is 2.18. The minimum Gasteiger partial charge on any atom is -0.478 e. The predicted octanol–water partition coefficient (Wildman–Crippen LogP) is 4.52. The molecule has 2 aromatic heterocycles. The molecule has 2 heterocycles. The van der Waals surface area contributed by atoms with Gasteiger partial charge in [-0.2, -0.15) is 0 Å². The Morgan fingerprint density at radius 1 is 0.968 bits per heavy atom. The van der Waals surface area contributed by atoms with E-state index in [1.807, 2.05) is 65.2 Å². The van der Waals surface area contributed by atoms with Gasteiger partial charge in [-0.3, -0.25) is 10.1 Å².